The lowest BCUT2D eigenvalue weighted by atomic mass is 10.1. The Morgan fingerprint density at radius 3 is 2.89 bits per heavy atom. The first-order chi connectivity index (χ1) is 8.44. The first-order valence-corrected chi connectivity index (χ1v) is 7.89. The number of sulfone groups is 1. The summed E-state index contributed by atoms with van der Waals surface area (Å²) < 4.78 is 29.6. The maximum absolute atomic E-state index is 12.1. The van der Waals surface area contributed by atoms with Crippen molar-refractivity contribution in [3.63, 3.8) is 0 Å². The van der Waals surface area contributed by atoms with Gasteiger partial charge in [0.15, 0.2) is 9.84 Å². The lowest BCUT2D eigenvalue weighted by molar-refractivity contribution is 0.354. The van der Waals surface area contributed by atoms with Gasteiger partial charge in [-0.15, -0.1) is 0 Å². The highest BCUT2D eigenvalue weighted by Crippen LogP contribution is 2.34. The molecule has 0 aliphatic carbocycles. The fraction of sp³-hybridized carbons (Fsp3) is 0.500. The SMILES string of the molecule is CC(CN)S(=O)(=O)Cc1cc(Cl)cc2c1OCC2. The number of ether oxygens (including phenoxy) is 1. The monoisotopic (exact) mass is 289 g/mol. The highest BCUT2D eigenvalue weighted by Gasteiger charge is 2.25. The van der Waals surface area contributed by atoms with E-state index in [1.54, 1.807) is 13.0 Å². The Bertz CT molecular complexity index is 557. The third kappa shape index (κ3) is 2.63. The van der Waals surface area contributed by atoms with Crippen molar-refractivity contribution in [2.24, 2.45) is 5.73 Å². The Morgan fingerprint density at radius 2 is 2.22 bits per heavy atom. The molecular weight excluding hydrogens is 274 g/mol. The molecule has 4 nitrogen and oxygen atoms in total. The summed E-state index contributed by atoms with van der Waals surface area (Å²) in [5.41, 5.74) is 7.03. The van der Waals surface area contributed by atoms with Crippen molar-refractivity contribution in [1.29, 1.82) is 0 Å². The lowest BCUT2D eigenvalue weighted by Gasteiger charge is -2.13. The van der Waals surface area contributed by atoms with E-state index in [0.29, 0.717) is 22.9 Å². The predicted octanol–water partition coefficient (Wildman–Crippen LogP) is 1.54. The van der Waals surface area contributed by atoms with E-state index in [1.807, 2.05) is 6.07 Å². The molecule has 1 aromatic carbocycles. The predicted molar refractivity (Wildman–Crippen MR) is 71.8 cm³/mol. The molecule has 1 aliphatic rings. The molecule has 0 aromatic heterocycles. The van der Waals surface area contributed by atoms with Gasteiger partial charge in [0.1, 0.15) is 5.75 Å². The molecule has 100 valence electrons. The summed E-state index contributed by atoms with van der Waals surface area (Å²) in [5.74, 6) is 0.598. The van der Waals surface area contributed by atoms with Crippen LogP contribution < -0.4 is 10.5 Å². The van der Waals surface area contributed by atoms with Gasteiger partial charge in [-0.05, 0) is 24.6 Å². The van der Waals surface area contributed by atoms with Crippen LogP contribution in [0.1, 0.15) is 18.1 Å². The maximum Gasteiger partial charge on any atom is 0.158 e. The minimum atomic E-state index is -3.27. The molecule has 0 spiro atoms. The average Bonchev–Trinajstić information content (AvgIpc) is 2.75. The van der Waals surface area contributed by atoms with Crippen LogP contribution in [0.5, 0.6) is 5.75 Å². The van der Waals surface area contributed by atoms with Gasteiger partial charge in [-0.25, -0.2) is 8.42 Å². The number of fused-ring (bicyclic) bond motifs is 1. The van der Waals surface area contributed by atoms with Crippen molar-refractivity contribution < 1.29 is 13.2 Å². The third-order valence-electron chi connectivity index (χ3n) is 3.13. The van der Waals surface area contributed by atoms with E-state index in [-0.39, 0.29) is 12.3 Å². The van der Waals surface area contributed by atoms with Gasteiger partial charge in [0, 0.05) is 23.6 Å². The molecule has 2 N–H and O–H groups in total. The van der Waals surface area contributed by atoms with Crippen molar-refractivity contribution in [1.82, 2.24) is 0 Å². The third-order valence-corrected chi connectivity index (χ3v) is 5.48. The number of halogens is 1. The van der Waals surface area contributed by atoms with Crippen LogP contribution >= 0.6 is 11.6 Å². The molecule has 0 radical (unpaired) electrons. The highest BCUT2D eigenvalue weighted by atomic mass is 35.5. The van der Waals surface area contributed by atoms with Gasteiger partial charge < -0.3 is 10.5 Å². The van der Waals surface area contributed by atoms with Gasteiger partial charge in [-0.1, -0.05) is 11.6 Å². The van der Waals surface area contributed by atoms with Crippen LogP contribution in [0.15, 0.2) is 12.1 Å². The van der Waals surface area contributed by atoms with E-state index in [9.17, 15) is 8.42 Å². The van der Waals surface area contributed by atoms with E-state index >= 15 is 0 Å². The second kappa shape index (κ2) is 5.07. The summed E-state index contributed by atoms with van der Waals surface area (Å²) in [6.07, 6.45) is 0.773. The molecule has 0 saturated heterocycles. The zero-order valence-corrected chi connectivity index (χ0v) is 11.7. The standard InChI is InChI=1S/C12H16ClNO3S/c1-8(6-14)18(15,16)7-10-5-11(13)4-9-2-3-17-12(9)10/h4-5,8H,2-3,6-7,14H2,1H3. The number of hydrogen-bond donors (Lipinski definition) is 1. The molecule has 1 atom stereocenters. The summed E-state index contributed by atoms with van der Waals surface area (Å²) in [6, 6.07) is 3.48. The summed E-state index contributed by atoms with van der Waals surface area (Å²) >= 11 is 6.00. The van der Waals surface area contributed by atoms with Crippen molar-refractivity contribution >= 4 is 21.4 Å². The van der Waals surface area contributed by atoms with Gasteiger partial charge in [0.2, 0.25) is 0 Å². The molecule has 1 aromatic rings. The minimum Gasteiger partial charge on any atom is -0.493 e. The summed E-state index contributed by atoms with van der Waals surface area (Å²) in [5, 5.41) is -0.0154. The van der Waals surface area contributed by atoms with Crippen molar-refractivity contribution in [2.45, 2.75) is 24.3 Å². The highest BCUT2D eigenvalue weighted by molar-refractivity contribution is 7.91. The van der Waals surface area contributed by atoms with Gasteiger partial charge in [0.25, 0.3) is 0 Å². The van der Waals surface area contributed by atoms with E-state index in [1.165, 1.54) is 0 Å². The molecular formula is C12H16ClNO3S. The van der Waals surface area contributed by atoms with Crippen molar-refractivity contribution in [3.8, 4) is 5.75 Å². The number of benzene rings is 1. The normalized spacial score (nSPS) is 16.2. The van der Waals surface area contributed by atoms with Crippen LogP contribution in [0.2, 0.25) is 5.02 Å². The van der Waals surface area contributed by atoms with Crippen LogP contribution in [-0.4, -0.2) is 26.8 Å². The van der Waals surface area contributed by atoms with Crippen LogP contribution in [0, 0.1) is 0 Å². The molecule has 0 saturated carbocycles. The largest absolute Gasteiger partial charge is 0.493 e. The molecule has 2 rings (SSSR count). The van der Waals surface area contributed by atoms with Crippen LogP contribution in [0.4, 0.5) is 0 Å². The molecule has 0 amide bonds. The quantitative estimate of drug-likeness (QED) is 0.913. The topological polar surface area (TPSA) is 69.4 Å². The van der Waals surface area contributed by atoms with E-state index in [0.717, 1.165) is 12.0 Å². The zero-order valence-electron chi connectivity index (χ0n) is 10.1. The molecule has 1 unspecified atom stereocenters. The second-order valence-electron chi connectivity index (χ2n) is 4.51. The van der Waals surface area contributed by atoms with Gasteiger partial charge in [-0.3, -0.25) is 0 Å². The smallest absolute Gasteiger partial charge is 0.158 e. The first kappa shape index (κ1) is 13.6. The fourth-order valence-corrected chi connectivity index (χ4v) is 3.45. The number of hydrogen-bond acceptors (Lipinski definition) is 4. The Kier molecular flexibility index (Phi) is 3.84. The maximum atomic E-state index is 12.1. The second-order valence-corrected chi connectivity index (χ2v) is 7.36. The zero-order chi connectivity index (χ0) is 13.3. The fourth-order valence-electron chi connectivity index (χ4n) is 1.96. The summed E-state index contributed by atoms with van der Waals surface area (Å²) in [7, 11) is -3.27. The molecule has 1 aliphatic heterocycles. The first-order valence-electron chi connectivity index (χ1n) is 5.80. The molecule has 6 heteroatoms. The van der Waals surface area contributed by atoms with Gasteiger partial charge in [0.05, 0.1) is 17.6 Å². The lowest BCUT2D eigenvalue weighted by Crippen LogP contribution is -2.27. The summed E-state index contributed by atoms with van der Waals surface area (Å²) in [6.45, 7) is 2.31. The van der Waals surface area contributed by atoms with Crippen LogP contribution in [0.3, 0.4) is 0 Å². The molecule has 18 heavy (non-hydrogen) atoms. The van der Waals surface area contributed by atoms with Gasteiger partial charge >= 0.3 is 0 Å². The van der Waals surface area contributed by atoms with E-state index in [4.69, 9.17) is 22.1 Å². The van der Waals surface area contributed by atoms with E-state index in [2.05, 4.69) is 0 Å². The molecule has 0 bridgehead atoms. The van der Waals surface area contributed by atoms with Crippen molar-refractivity contribution in [2.75, 3.05) is 13.2 Å². The molecule has 1 heterocycles. The Balaban J connectivity index is 2.36. The Labute approximate surface area is 112 Å². The Hall–Kier alpha value is -0.780. The Morgan fingerprint density at radius 1 is 1.50 bits per heavy atom. The molecule has 0 fully saturated rings. The van der Waals surface area contributed by atoms with Crippen molar-refractivity contribution in [3.05, 3.63) is 28.3 Å². The van der Waals surface area contributed by atoms with E-state index < -0.39 is 15.1 Å². The van der Waals surface area contributed by atoms with Gasteiger partial charge in [-0.2, -0.15) is 0 Å². The van der Waals surface area contributed by atoms with Crippen LogP contribution in [0.25, 0.3) is 0 Å². The van der Waals surface area contributed by atoms with Crippen LogP contribution in [-0.2, 0) is 22.0 Å². The average molecular weight is 290 g/mol. The number of rotatable bonds is 4. The summed E-state index contributed by atoms with van der Waals surface area (Å²) in [4.78, 5) is 0. The minimum absolute atomic E-state index is 0.0751. The number of nitrogens with two attached hydrogens (primary N) is 1.